The molecule has 0 saturated carbocycles. The highest BCUT2D eigenvalue weighted by Gasteiger charge is 2.23. The topological polar surface area (TPSA) is 106 Å². The van der Waals surface area contributed by atoms with Crippen LogP contribution in [-0.4, -0.2) is 31.9 Å². The van der Waals surface area contributed by atoms with Crippen molar-refractivity contribution in [2.24, 2.45) is 0 Å². The van der Waals surface area contributed by atoms with Crippen LogP contribution in [0.5, 0.6) is 11.5 Å². The highest BCUT2D eigenvalue weighted by atomic mass is 35.5. The Labute approximate surface area is 292 Å². The maximum absolute atomic E-state index is 13.8. The van der Waals surface area contributed by atoms with Crippen LogP contribution in [0.2, 0.25) is 5.02 Å². The minimum absolute atomic E-state index is 0.0436. The standard InChI is InChI=1S/C38H31ClFN3O5S/c1-47-29-17-19-34(48-2)26(20-29)21-33(43-36(44)25-12-7-4-8-13-25)37(45)41-27-14-9-15-30(22-27)49-35(24-10-5-3-6-11-24)38(46)42-28-16-18-32(40)31(39)23-28/h3-23,35H,1-2H3,(H,41,45)(H,42,46)(H,43,44)/b33-21+. The average molecular weight is 696 g/mol. The van der Waals surface area contributed by atoms with Gasteiger partial charge in [0.25, 0.3) is 11.8 Å². The molecule has 0 radical (unpaired) electrons. The molecular formula is C38H31ClFN3O5S. The predicted molar refractivity (Wildman–Crippen MR) is 192 cm³/mol. The van der Waals surface area contributed by atoms with Gasteiger partial charge in [0.05, 0.1) is 19.2 Å². The number of methoxy groups -OCH3 is 2. The molecule has 5 aromatic rings. The summed E-state index contributed by atoms with van der Waals surface area (Å²) in [5.74, 6) is -1.02. The summed E-state index contributed by atoms with van der Waals surface area (Å²) in [4.78, 5) is 41.2. The second-order valence-electron chi connectivity index (χ2n) is 10.5. The highest BCUT2D eigenvalue weighted by Crippen LogP contribution is 2.37. The third-order valence-electron chi connectivity index (χ3n) is 7.14. The maximum Gasteiger partial charge on any atom is 0.272 e. The summed E-state index contributed by atoms with van der Waals surface area (Å²) < 4.78 is 24.6. The van der Waals surface area contributed by atoms with E-state index in [9.17, 15) is 18.8 Å². The number of ether oxygens (including phenoxy) is 2. The lowest BCUT2D eigenvalue weighted by molar-refractivity contribution is -0.116. The van der Waals surface area contributed by atoms with E-state index in [2.05, 4.69) is 16.0 Å². The van der Waals surface area contributed by atoms with Gasteiger partial charge in [-0.3, -0.25) is 14.4 Å². The first kappa shape index (κ1) is 34.7. The molecule has 5 rings (SSSR count). The number of hydrogen-bond donors (Lipinski definition) is 3. The maximum atomic E-state index is 13.8. The van der Waals surface area contributed by atoms with Crippen LogP contribution in [0, 0.1) is 5.82 Å². The van der Waals surface area contributed by atoms with Gasteiger partial charge in [0.2, 0.25) is 5.91 Å². The molecule has 0 aliphatic rings. The van der Waals surface area contributed by atoms with Crippen molar-refractivity contribution in [3.05, 3.63) is 155 Å². The van der Waals surface area contributed by atoms with Gasteiger partial charge in [-0.15, -0.1) is 11.8 Å². The number of carbonyl (C=O) groups is 3. The van der Waals surface area contributed by atoms with E-state index in [0.29, 0.717) is 38.9 Å². The molecule has 8 nitrogen and oxygen atoms in total. The molecule has 0 aromatic heterocycles. The number of amides is 3. The molecule has 248 valence electrons. The van der Waals surface area contributed by atoms with Crippen LogP contribution in [0.4, 0.5) is 15.8 Å². The molecule has 3 N–H and O–H groups in total. The minimum Gasteiger partial charge on any atom is -0.497 e. The van der Waals surface area contributed by atoms with Gasteiger partial charge >= 0.3 is 0 Å². The molecule has 49 heavy (non-hydrogen) atoms. The number of carbonyl (C=O) groups excluding carboxylic acids is 3. The summed E-state index contributed by atoms with van der Waals surface area (Å²) in [5.41, 5.74) is 2.33. The molecule has 1 unspecified atom stereocenters. The zero-order chi connectivity index (χ0) is 34.8. The molecule has 11 heteroatoms. The first-order chi connectivity index (χ1) is 23.7. The van der Waals surface area contributed by atoms with Crippen molar-refractivity contribution in [3.8, 4) is 11.5 Å². The summed E-state index contributed by atoms with van der Waals surface area (Å²) in [5, 5.41) is 7.58. The van der Waals surface area contributed by atoms with Crippen molar-refractivity contribution in [1.82, 2.24) is 5.32 Å². The number of anilines is 2. The monoisotopic (exact) mass is 695 g/mol. The lowest BCUT2D eigenvalue weighted by atomic mass is 10.1. The van der Waals surface area contributed by atoms with Crippen LogP contribution in [0.15, 0.2) is 132 Å². The molecule has 0 fully saturated rings. The molecule has 0 spiro atoms. The van der Waals surface area contributed by atoms with E-state index in [1.54, 1.807) is 66.7 Å². The summed E-state index contributed by atoms with van der Waals surface area (Å²) in [6.45, 7) is 0. The van der Waals surface area contributed by atoms with Gasteiger partial charge < -0.3 is 25.4 Å². The van der Waals surface area contributed by atoms with Gasteiger partial charge in [-0.2, -0.15) is 0 Å². The van der Waals surface area contributed by atoms with Crippen LogP contribution in [0.1, 0.15) is 26.7 Å². The van der Waals surface area contributed by atoms with Crippen LogP contribution in [-0.2, 0) is 9.59 Å². The van der Waals surface area contributed by atoms with Gasteiger partial charge in [-0.1, -0.05) is 66.2 Å². The van der Waals surface area contributed by atoms with Gasteiger partial charge in [-0.05, 0) is 78.4 Å². The van der Waals surface area contributed by atoms with Gasteiger partial charge in [0, 0.05) is 27.4 Å². The second kappa shape index (κ2) is 16.5. The van der Waals surface area contributed by atoms with Crippen LogP contribution in [0.3, 0.4) is 0 Å². The van der Waals surface area contributed by atoms with Gasteiger partial charge in [0.1, 0.15) is 28.3 Å². The number of hydrogen-bond acceptors (Lipinski definition) is 6. The van der Waals surface area contributed by atoms with Crippen molar-refractivity contribution in [2.75, 3.05) is 24.9 Å². The van der Waals surface area contributed by atoms with Crippen molar-refractivity contribution in [2.45, 2.75) is 10.1 Å². The van der Waals surface area contributed by atoms with E-state index in [1.807, 2.05) is 36.4 Å². The molecule has 0 aliphatic carbocycles. The number of benzene rings is 5. The average Bonchev–Trinajstić information content (AvgIpc) is 3.12. The van der Waals surface area contributed by atoms with Crippen molar-refractivity contribution < 1.29 is 28.2 Å². The molecule has 0 bridgehead atoms. The van der Waals surface area contributed by atoms with Gasteiger partial charge in [0.15, 0.2) is 0 Å². The Morgan fingerprint density at radius 2 is 1.49 bits per heavy atom. The second-order valence-corrected chi connectivity index (χ2v) is 12.1. The summed E-state index contributed by atoms with van der Waals surface area (Å²) in [6, 6.07) is 33.8. The zero-order valence-corrected chi connectivity index (χ0v) is 28.0. The van der Waals surface area contributed by atoms with Crippen molar-refractivity contribution in [3.63, 3.8) is 0 Å². The Kier molecular flexibility index (Phi) is 11.7. The summed E-state index contributed by atoms with van der Waals surface area (Å²) in [6.07, 6.45) is 1.51. The predicted octanol–water partition coefficient (Wildman–Crippen LogP) is 8.38. The van der Waals surface area contributed by atoms with E-state index in [0.717, 1.165) is 5.56 Å². The van der Waals surface area contributed by atoms with E-state index in [4.69, 9.17) is 21.1 Å². The fourth-order valence-corrected chi connectivity index (χ4v) is 5.98. The SMILES string of the molecule is COc1ccc(OC)c(/C=C(/NC(=O)c2ccccc2)C(=O)Nc2cccc(SC(C(=O)Nc3ccc(F)c(Cl)c3)c3ccccc3)c2)c1. The fraction of sp³-hybridized carbons (Fsp3) is 0.0789. The number of thioether (sulfide) groups is 1. The van der Waals surface area contributed by atoms with Gasteiger partial charge in [-0.25, -0.2) is 4.39 Å². The van der Waals surface area contributed by atoms with Crippen LogP contribution in [0.25, 0.3) is 6.08 Å². The zero-order valence-electron chi connectivity index (χ0n) is 26.4. The summed E-state index contributed by atoms with van der Waals surface area (Å²) in [7, 11) is 3.03. The quantitative estimate of drug-likeness (QED) is 0.0895. The normalized spacial score (nSPS) is 11.6. The van der Waals surface area contributed by atoms with E-state index < -0.39 is 22.9 Å². The first-order valence-electron chi connectivity index (χ1n) is 14.9. The number of halogens is 2. The van der Waals surface area contributed by atoms with Crippen molar-refractivity contribution >= 4 is 58.5 Å². The highest BCUT2D eigenvalue weighted by molar-refractivity contribution is 8.00. The largest absolute Gasteiger partial charge is 0.497 e. The van der Waals surface area contributed by atoms with Crippen LogP contribution >= 0.6 is 23.4 Å². The molecular weight excluding hydrogens is 665 g/mol. The lowest BCUT2D eigenvalue weighted by Crippen LogP contribution is -2.30. The Morgan fingerprint density at radius 1 is 0.776 bits per heavy atom. The third kappa shape index (κ3) is 9.28. The number of rotatable bonds is 12. The minimum atomic E-state index is -0.711. The Balaban J connectivity index is 1.41. The van der Waals surface area contributed by atoms with Crippen LogP contribution < -0.4 is 25.4 Å². The smallest absolute Gasteiger partial charge is 0.272 e. The van der Waals surface area contributed by atoms with Crippen molar-refractivity contribution in [1.29, 1.82) is 0 Å². The Morgan fingerprint density at radius 3 is 2.18 bits per heavy atom. The van der Waals surface area contributed by atoms with E-state index >= 15 is 0 Å². The third-order valence-corrected chi connectivity index (χ3v) is 8.68. The Hall–Kier alpha value is -5.58. The Bertz CT molecular complexity index is 1990. The molecule has 5 aromatic carbocycles. The molecule has 0 heterocycles. The lowest BCUT2D eigenvalue weighted by Gasteiger charge is -2.18. The van der Waals surface area contributed by atoms with E-state index in [1.165, 1.54) is 50.3 Å². The number of nitrogens with one attached hydrogen (secondary N) is 3. The molecule has 0 aliphatic heterocycles. The van der Waals surface area contributed by atoms with E-state index in [-0.39, 0.29) is 16.6 Å². The molecule has 3 amide bonds. The molecule has 1 atom stereocenters. The summed E-state index contributed by atoms with van der Waals surface area (Å²) >= 11 is 7.19. The first-order valence-corrected chi connectivity index (χ1v) is 16.2. The fourth-order valence-electron chi connectivity index (χ4n) is 4.71. The molecule has 0 saturated heterocycles.